The number of nitrogens with zero attached hydrogens (tertiary/aromatic N) is 4. The molecule has 4 N–H and O–H groups in total. The smallest absolute Gasteiger partial charge is 0.120 e. The standard InChI is InChI=1S/C26H30N6O2/c1-4-34-20-7-9-23-22(15-20)26(27)21-8-5-19(14-24(21)29-23)31-30-18-6-10-25(33)17(13-18)16-28-11-12-32(2)3/h5-10,13-15,28,33H,4,11-12,16H2,1-3H3,(H2,27,29)/b31-30+. The van der Waals surface area contributed by atoms with E-state index in [0.717, 1.165) is 46.2 Å². The van der Waals surface area contributed by atoms with Crippen LogP contribution in [0.15, 0.2) is 64.8 Å². The molecule has 0 saturated heterocycles. The summed E-state index contributed by atoms with van der Waals surface area (Å²) in [5.74, 6) is 1.01. The largest absolute Gasteiger partial charge is 0.508 e. The summed E-state index contributed by atoms with van der Waals surface area (Å²) >= 11 is 0. The number of benzene rings is 3. The topological polar surface area (TPSA) is 108 Å². The summed E-state index contributed by atoms with van der Waals surface area (Å²) in [7, 11) is 4.05. The Morgan fingerprint density at radius 2 is 1.74 bits per heavy atom. The van der Waals surface area contributed by atoms with Gasteiger partial charge in [-0.05, 0) is 75.6 Å². The Bertz CT molecular complexity index is 1340. The number of pyridine rings is 1. The Morgan fingerprint density at radius 1 is 0.971 bits per heavy atom. The van der Waals surface area contributed by atoms with Gasteiger partial charge in [-0.1, -0.05) is 0 Å². The van der Waals surface area contributed by atoms with Crippen LogP contribution in [0, 0.1) is 0 Å². The third-order valence-corrected chi connectivity index (χ3v) is 5.48. The summed E-state index contributed by atoms with van der Waals surface area (Å²) in [5, 5.41) is 23.9. The quantitative estimate of drug-likeness (QED) is 0.182. The van der Waals surface area contributed by atoms with Gasteiger partial charge in [0.05, 0.1) is 34.7 Å². The highest BCUT2D eigenvalue weighted by molar-refractivity contribution is 6.07. The van der Waals surface area contributed by atoms with E-state index >= 15 is 0 Å². The van der Waals surface area contributed by atoms with Gasteiger partial charge in [-0.25, -0.2) is 4.98 Å². The third kappa shape index (κ3) is 5.41. The van der Waals surface area contributed by atoms with Gasteiger partial charge >= 0.3 is 0 Å². The highest BCUT2D eigenvalue weighted by Gasteiger charge is 2.09. The predicted octanol–water partition coefficient (Wildman–Crippen LogP) is 5.14. The number of nitrogen functional groups attached to an aromatic ring is 1. The van der Waals surface area contributed by atoms with Crippen molar-refractivity contribution in [3.8, 4) is 11.5 Å². The number of fused-ring (bicyclic) bond motifs is 2. The minimum Gasteiger partial charge on any atom is -0.508 e. The van der Waals surface area contributed by atoms with Crippen molar-refractivity contribution >= 4 is 38.9 Å². The number of nitrogens with two attached hydrogens (primary N) is 1. The number of aromatic hydroxyl groups is 1. The molecule has 0 radical (unpaired) electrons. The Morgan fingerprint density at radius 3 is 2.50 bits per heavy atom. The third-order valence-electron chi connectivity index (χ3n) is 5.48. The highest BCUT2D eigenvalue weighted by Crippen LogP contribution is 2.33. The summed E-state index contributed by atoms with van der Waals surface area (Å²) < 4.78 is 5.59. The fraction of sp³-hybridized carbons (Fsp3) is 0.269. The number of ether oxygens (including phenoxy) is 1. The maximum Gasteiger partial charge on any atom is 0.120 e. The molecule has 1 aromatic heterocycles. The number of aromatic nitrogens is 1. The van der Waals surface area contributed by atoms with Crippen LogP contribution in [0.4, 0.5) is 17.1 Å². The Hall–Kier alpha value is -3.75. The summed E-state index contributed by atoms with van der Waals surface area (Å²) in [4.78, 5) is 6.85. The van der Waals surface area contributed by atoms with Gasteiger partial charge in [-0.3, -0.25) is 0 Å². The number of rotatable bonds is 9. The number of phenolic OH excluding ortho intramolecular Hbond substituents is 1. The van der Waals surface area contributed by atoms with Gasteiger partial charge in [0.1, 0.15) is 11.5 Å². The fourth-order valence-corrected chi connectivity index (χ4v) is 3.68. The Kier molecular flexibility index (Phi) is 7.20. The van der Waals surface area contributed by atoms with Gasteiger partial charge < -0.3 is 25.8 Å². The van der Waals surface area contributed by atoms with Crippen molar-refractivity contribution in [1.82, 2.24) is 15.2 Å². The van der Waals surface area contributed by atoms with E-state index in [2.05, 4.69) is 20.4 Å². The molecule has 3 aromatic carbocycles. The van der Waals surface area contributed by atoms with E-state index in [9.17, 15) is 5.11 Å². The average Bonchev–Trinajstić information content (AvgIpc) is 2.82. The molecule has 8 nitrogen and oxygen atoms in total. The normalized spacial score (nSPS) is 11.8. The number of anilines is 1. The van der Waals surface area contributed by atoms with E-state index < -0.39 is 0 Å². The van der Waals surface area contributed by atoms with Crippen molar-refractivity contribution in [2.24, 2.45) is 10.2 Å². The van der Waals surface area contributed by atoms with Crippen LogP contribution in [0.1, 0.15) is 12.5 Å². The molecule has 4 aromatic rings. The fourth-order valence-electron chi connectivity index (χ4n) is 3.68. The molecule has 0 aliphatic rings. The molecular formula is C26H30N6O2. The molecule has 1 heterocycles. The van der Waals surface area contributed by atoms with Gasteiger partial charge in [0.2, 0.25) is 0 Å². The van der Waals surface area contributed by atoms with Crippen molar-refractivity contribution in [2.75, 3.05) is 39.5 Å². The predicted molar refractivity (Wildman–Crippen MR) is 137 cm³/mol. The van der Waals surface area contributed by atoms with Gasteiger partial charge in [0.15, 0.2) is 0 Å². The Labute approximate surface area is 199 Å². The molecule has 0 spiro atoms. The molecule has 0 unspecified atom stereocenters. The van der Waals surface area contributed by atoms with Crippen molar-refractivity contribution in [1.29, 1.82) is 0 Å². The zero-order valence-corrected chi connectivity index (χ0v) is 19.7. The first-order chi connectivity index (χ1) is 16.4. The van der Waals surface area contributed by atoms with Crippen LogP contribution in [0.3, 0.4) is 0 Å². The van der Waals surface area contributed by atoms with Crippen LogP contribution in [-0.4, -0.2) is 48.8 Å². The first kappa shape index (κ1) is 23.4. The first-order valence-electron chi connectivity index (χ1n) is 11.3. The van der Waals surface area contributed by atoms with Gasteiger partial charge in [-0.15, -0.1) is 0 Å². The molecule has 0 atom stereocenters. The molecule has 0 aliphatic carbocycles. The number of likely N-dealkylation sites (N-methyl/N-ethyl adjacent to an activating group) is 1. The number of hydrogen-bond donors (Lipinski definition) is 3. The minimum absolute atomic E-state index is 0.237. The van der Waals surface area contributed by atoms with Crippen LogP contribution < -0.4 is 15.8 Å². The van der Waals surface area contributed by atoms with E-state index in [1.54, 1.807) is 12.1 Å². The molecule has 0 amide bonds. The molecular weight excluding hydrogens is 428 g/mol. The number of azo groups is 1. The van der Waals surface area contributed by atoms with Gasteiger partial charge in [0, 0.05) is 36.0 Å². The summed E-state index contributed by atoms with van der Waals surface area (Å²) in [6.45, 7) is 4.85. The SMILES string of the molecule is CCOc1ccc2nc3cc(/N=N/c4ccc(O)c(CNCCN(C)C)c4)ccc3c(N)c2c1. The molecule has 176 valence electrons. The molecule has 0 aliphatic heterocycles. The summed E-state index contributed by atoms with van der Waals surface area (Å²) in [5.41, 5.74) is 10.8. The summed E-state index contributed by atoms with van der Waals surface area (Å²) in [6, 6.07) is 16.6. The van der Waals surface area contributed by atoms with Gasteiger partial charge in [-0.2, -0.15) is 10.2 Å². The van der Waals surface area contributed by atoms with E-state index in [1.807, 2.05) is 63.5 Å². The van der Waals surface area contributed by atoms with Crippen molar-refractivity contribution in [3.63, 3.8) is 0 Å². The monoisotopic (exact) mass is 458 g/mol. The van der Waals surface area contributed by atoms with E-state index in [-0.39, 0.29) is 5.75 Å². The van der Waals surface area contributed by atoms with Crippen LogP contribution in [0.5, 0.6) is 11.5 Å². The maximum atomic E-state index is 10.2. The lowest BCUT2D eigenvalue weighted by Gasteiger charge is -2.11. The molecule has 0 saturated carbocycles. The van der Waals surface area contributed by atoms with Crippen molar-refractivity contribution in [2.45, 2.75) is 13.5 Å². The highest BCUT2D eigenvalue weighted by atomic mass is 16.5. The lowest BCUT2D eigenvalue weighted by atomic mass is 10.1. The lowest BCUT2D eigenvalue weighted by molar-refractivity contribution is 0.341. The van der Waals surface area contributed by atoms with E-state index in [1.165, 1.54) is 0 Å². The van der Waals surface area contributed by atoms with E-state index in [0.29, 0.717) is 30.2 Å². The van der Waals surface area contributed by atoms with Gasteiger partial charge in [0.25, 0.3) is 0 Å². The molecule has 4 rings (SSSR count). The van der Waals surface area contributed by atoms with Crippen molar-refractivity contribution in [3.05, 3.63) is 60.2 Å². The zero-order chi connectivity index (χ0) is 24.1. The minimum atomic E-state index is 0.237. The van der Waals surface area contributed by atoms with Crippen LogP contribution in [0.25, 0.3) is 21.8 Å². The van der Waals surface area contributed by atoms with Crippen LogP contribution >= 0.6 is 0 Å². The summed E-state index contributed by atoms with van der Waals surface area (Å²) in [6.07, 6.45) is 0. The van der Waals surface area contributed by atoms with Crippen LogP contribution in [0.2, 0.25) is 0 Å². The van der Waals surface area contributed by atoms with Crippen molar-refractivity contribution < 1.29 is 9.84 Å². The second-order valence-corrected chi connectivity index (χ2v) is 8.33. The molecule has 0 bridgehead atoms. The molecule has 8 heteroatoms. The second-order valence-electron chi connectivity index (χ2n) is 8.33. The average molecular weight is 459 g/mol. The lowest BCUT2D eigenvalue weighted by Crippen LogP contribution is -2.26. The number of nitrogens with one attached hydrogen (secondary N) is 1. The van der Waals surface area contributed by atoms with E-state index in [4.69, 9.17) is 15.5 Å². The first-order valence-corrected chi connectivity index (χ1v) is 11.3. The van der Waals surface area contributed by atoms with Crippen LogP contribution in [-0.2, 0) is 6.54 Å². The molecule has 0 fully saturated rings. The molecule has 34 heavy (non-hydrogen) atoms. The zero-order valence-electron chi connectivity index (χ0n) is 19.7. The Balaban J connectivity index is 1.56. The second kappa shape index (κ2) is 10.5. The number of hydrogen-bond acceptors (Lipinski definition) is 8. The number of phenols is 1. The maximum absolute atomic E-state index is 10.2.